The Morgan fingerprint density at radius 1 is 1.00 bits per heavy atom. The molecule has 3 saturated heterocycles. The topological polar surface area (TPSA) is 77.2 Å². The molecular weight excluding hydrogens is 533 g/mol. The van der Waals surface area contributed by atoms with E-state index in [-0.39, 0.29) is 54.0 Å². The number of carbonyl (C=O) groups excluding carboxylic acids is 2. The summed E-state index contributed by atoms with van der Waals surface area (Å²) in [6.45, 7) is 3.68. The fourth-order valence-electron chi connectivity index (χ4n) is 9.89. The maximum atomic E-state index is 16.2. The van der Waals surface area contributed by atoms with Crippen molar-refractivity contribution in [1.29, 1.82) is 0 Å². The third kappa shape index (κ3) is 5.45. The van der Waals surface area contributed by atoms with Gasteiger partial charge in [0.25, 0.3) is 5.91 Å². The number of amides is 1. The smallest absolute Gasteiger partial charge is 0.256 e. The summed E-state index contributed by atoms with van der Waals surface area (Å²) in [5.74, 6) is 0.329. The summed E-state index contributed by atoms with van der Waals surface area (Å²) in [6, 6.07) is 0.263. The van der Waals surface area contributed by atoms with Crippen LogP contribution in [0.4, 0.5) is 4.39 Å². The molecule has 10 unspecified atom stereocenters. The number of alkyl halides is 1. The number of piperidine rings is 1. The highest BCUT2D eigenvalue weighted by molar-refractivity contribution is 6.20. The molecule has 0 aromatic carbocycles. The SMILES string of the molecule is CN1CCC(NC2C(F)CC3C(=O)C(C(=O)NCCC4CCCN4C)=CN4C5CC6CCCCC6CC5OC2C34)CC1. The van der Waals surface area contributed by atoms with Crippen LogP contribution in [0, 0.1) is 17.8 Å². The first-order valence-corrected chi connectivity index (χ1v) is 17.1. The van der Waals surface area contributed by atoms with Crippen molar-refractivity contribution in [2.24, 2.45) is 17.8 Å². The maximum absolute atomic E-state index is 16.2. The van der Waals surface area contributed by atoms with E-state index >= 15 is 4.39 Å². The van der Waals surface area contributed by atoms with Gasteiger partial charge in [-0.3, -0.25) is 9.59 Å². The maximum Gasteiger partial charge on any atom is 0.256 e. The molecule has 2 N–H and O–H groups in total. The van der Waals surface area contributed by atoms with Crippen LogP contribution >= 0.6 is 0 Å². The lowest BCUT2D eigenvalue weighted by Gasteiger charge is -2.61. The predicted octanol–water partition coefficient (Wildman–Crippen LogP) is 2.87. The Bertz CT molecular complexity index is 1050. The van der Waals surface area contributed by atoms with Gasteiger partial charge in [0.15, 0.2) is 5.78 Å². The van der Waals surface area contributed by atoms with Gasteiger partial charge < -0.3 is 30.1 Å². The number of nitrogens with one attached hydrogen (secondary N) is 2. The number of ketones is 1. The Morgan fingerprint density at radius 2 is 1.76 bits per heavy atom. The van der Waals surface area contributed by atoms with Crippen LogP contribution in [0.5, 0.6) is 0 Å². The summed E-state index contributed by atoms with van der Waals surface area (Å²) < 4.78 is 23.2. The van der Waals surface area contributed by atoms with E-state index in [1.165, 1.54) is 32.1 Å². The van der Waals surface area contributed by atoms with Crippen molar-refractivity contribution in [2.45, 2.75) is 126 Å². The lowest BCUT2D eigenvalue weighted by atomic mass is 9.64. The molecule has 0 radical (unpaired) electrons. The average molecular weight is 586 g/mol. The monoisotopic (exact) mass is 585 g/mol. The van der Waals surface area contributed by atoms with E-state index in [1.807, 2.05) is 6.20 Å². The second kappa shape index (κ2) is 12.1. The number of fused-ring (bicyclic) bond motifs is 3. The van der Waals surface area contributed by atoms with Crippen LogP contribution in [0.1, 0.15) is 77.0 Å². The number of carbonyl (C=O) groups is 2. The van der Waals surface area contributed by atoms with Crippen molar-refractivity contribution in [2.75, 3.05) is 40.3 Å². The molecule has 0 spiro atoms. The third-order valence-corrected chi connectivity index (χ3v) is 12.3. The van der Waals surface area contributed by atoms with Crippen LogP contribution in [0.25, 0.3) is 0 Å². The number of halogens is 1. The van der Waals surface area contributed by atoms with Crippen LogP contribution in [0.3, 0.4) is 0 Å². The number of hydrogen-bond acceptors (Lipinski definition) is 7. The first kappa shape index (κ1) is 29.2. The largest absolute Gasteiger partial charge is 0.369 e. The van der Waals surface area contributed by atoms with E-state index in [0.717, 1.165) is 58.2 Å². The molecule has 4 aliphatic heterocycles. The normalized spacial score (nSPS) is 42.9. The molecule has 8 nitrogen and oxygen atoms in total. The van der Waals surface area contributed by atoms with Gasteiger partial charge in [0, 0.05) is 30.7 Å². The van der Waals surface area contributed by atoms with Crippen molar-refractivity contribution in [3.05, 3.63) is 11.8 Å². The van der Waals surface area contributed by atoms with Crippen molar-refractivity contribution < 1.29 is 18.7 Å². The molecule has 3 saturated carbocycles. The summed E-state index contributed by atoms with van der Waals surface area (Å²) >= 11 is 0. The molecule has 3 aliphatic carbocycles. The van der Waals surface area contributed by atoms with E-state index < -0.39 is 18.1 Å². The highest BCUT2D eigenvalue weighted by Gasteiger charge is 2.59. The highest BCUT2D eigenvalue weighted by atomic mass is 19.1. The van der Waals surface area contributed by atoms with Crippen LogP contribution < -0.4 is 10.6 Å². The highest BCUT2D eigenvalue weighted by Crippen LogP contribution is 2.50. The fraction of sp³-hybridized carbons (Fsp3) is 0.879. The number of Topliss-reactive ketones (excluding diaryl/α,β-unsaturated/α-hetero) is 1. The van der Waals surface area contributed by atoms with Gasteiger partial charge in [-0.15, -0.1) is 0 Å². The molecule has 234 valence electrons. The van der Waals surface area contributed by atoms with Crippen molar-refractivity contribution in [3.63, 3.8) is 0 Å². The van der Waals surface area contributed by atoms with Crippen LogP contribution in [0.15, 0.2) is 11.8 Å². The number of ether oxygens (including phenoxy) is 1. The summed E-state index contributed by atoms with van der Waals surface area (Å²) in [4.78, 5) is 34.5. The molecule has 6 fully saturated rings. The Balaban J connectivity index is 1.14. The Morgan fingerprint density at radius 3 is 2.50 bits per heavy atom. The first-order chi connectivity index (χ1) is 20.4. The van der Waals surface area contributed by atoms with Gasteiger partial charge in [0.2, 0.25) is 0 Å². The lowest BCUT2D eigenvalue weighted by Crippen LogP contribution is -2.74. The van der Waals surface area contributed by atoms with Crippen LogP contribution in [0.2, 0.25) is 0 Å². The van der Waals surface area contributed by atoms with Gasteiger partial charge in [-0.25, -0.2) is 4.39 Å². The van der Waals surface area contributed by atoms with Crippen LogP contribution in [-0.2, 0) is 14.3 Å². The standard InChI is InChI=1S/C33H52FN5O3/c1-37-14-10-22(11-15-37)36-29-26(34)18-24-30-32(29)42-28-17-21-7-4-3-6-20(21)16-27(28)39(30)19-25(31(24)40)33(41)35-12-9-23-8-5-13-38(23)2/h19-24,26-30,32,36H,3-18H2,1-2H3,(H,35,41). The van der Waals surface area contributed by atoms with Crippen LogP contribution in [-0.4, -0.2) is 115 Å². The second-order valence-electron chi connectivity index (χ2n) is 14.8. The van der Waals surface area contributed by atoms with Crippen molar-refractivity contribution in [1.82, 2.24) is 25.3 Å². The van der Waals surface area contributed by atoms with E-state index in [0.29, 0.717) is 24.4 Å². The van der Waals surface area contributed by atoms with Crippen molar-refractivity contribution in [3.8, 4) is 0 Å². The molecule has 42 heavy (non-hydrogen) atoms. The number of likely N-dealkylation sites (tertiary alicyclic amines) is 2. The summed E-state index contributed by atoms with van der Waals surface area (Å²) in [5, 5.41) is 6.78. The van der Waals surface area contributed by atoms with Gasteiger partial charge in [0.05, 0.1) is 35.9 Å². The number of morpholine rings is 1. The zero-order valence-electron chi connectivity index (χ0n) is 25.7. The van der Waals surface area contributed by atoms with E-state index in [9.17, 15) is 9.59 Å². The lowest BCUT2D eigenvalue weighted by molar-refractivity contribution is -0.209. The van der Waals surface area contributed by atoms with Gasteiger partial charge in [-0.2, -0.15) is 0 Å². The quantitative estimate of drug-likeness (QED) is 0.465. The molecule has 7 rings (SSSR count). The molecule has 0 aromatic heterocycles. The number of nitrogens with zero attached hydrogens (tertiary/aromatic N) is 3. The molecule has 1 amide bonds. The minimum absolute atomic E-state index is 0.0185. The summed E-state index contributed by atoms with van der Waals surface area (Å²) in [6.07, 6.45) is 12.9. The summed E-state index contributed by atoms with van der Waals surface area (Å²) in [5.41, 5.74) is 0.232. The number of hydrogen-bond donors (Lipinski definition) is 2. The van der Waals surface area contributed by atoms with Gasteiger partial charge in [-0.05, 0) is 96.9 Å². The summed E-state index contributed by atoms with van der Waals surface area (Å²) in [7, 11) is 4.29. The molecule has 9 heteroatoms. The van der Waals surface area contributed by atoms with E-state index in [2.05, 4.69) is 39.4 Å². The predicted molar refractivity (Wildman–Crippen MR) is 160 cm³/mol. The van der Waals surface area contributed by atoms with Gasteiger partial charge in [-0.1, -0.05) is 25.7 Å². The second-order valence-corrected chi connectivity index (χ2v) is 14.8. The molecule has 10 atom stereocenters. The zero-order valence-corrected chi connectivity index (χ0v) is 25.7. The van der Waals surface area contributed by atoms with Gasteiger partial charge >= 0.3 is 0 Å². The first-order valence-electron chi connectivity index (χ1n) is 17.1. The third-order valence-electron chi connectivity index (χ3n) is 12.3. The molecular formula is C33H52FN5O3. The fourth-order valence-corrected chi connectivity index (χ4v) is 9.89. The molecule has 4 heterocycles. The average Bonchev–Trinajstić information content (AvgIpc) is 3.40. The Hall–Kier alpha value is -1.55. The Kier molecular flexibility index (Phi) is 8.40. The zero-order chi connectivity index (χ0) is 29.0. The van der Waals surface area contributed by atoms with Gasteiger partial charge in [0.1, 0.15) is 6.17 Å². The minimum atomic E-state index is -1.18. The molecule has 0 aromatic rings. The molecule has 0 bridgehead atoms. The minimum Gasteiger partial charge on any atom is -0.369 e. The van der Waals surface area contributed by atoms with Crippen molar-refractivity contribution >= 4 is 11.7 Å². The Labute approximate surface area is 251 Å². The van der Waals surface area contributed by atoms with E-state index in [1.54, 1.807) is 0 Å². The van der Waals surface area contributed by atoms with E-state index in [4.69, 9.17) is 4.74 Å². The number of rotatable bonds is 6. The molecule has 7 aliphatic rings.